The topological polar surface area (TPSA) is 18.5 Å². The van der Waals surface area contributed by atoms with Crippen molar-refractivity contribution in [3.63, 3.8) is 0 Å². The lowest BCUT2D eigenvalue weighted by Gasteiger charge is -1.92. The van der Waals surface area contributed by atoms with Crippen LogP contribution in [0.1, 0.15) is 11.0 Å². The van der Waals surface area contributed by atoms with Crippen LogP contribution in [0.25, 0.3) is 0 Å². The Kier molecular flexibility index (Phi) is 1.32. The second-order valence-electron chi connectivity index (χ2n) is 2.05. The average Bonchev–Trinajstić information content (AvgIpc) is 2.34. The van der Waals surface area contributed by atoms with Gasteiger partial charge in [0.25, 0.3) is 0 Å². The molecule has 1 aromatic rings. The van der Waals surface area contributed by atoms with E-state index in [-0.39, 0.29) is 5.44 Å². The lowest BCUT2D eigenvalue weighted by molar-refractivity contribution is -0.197. The minimum Gasteiger partial charge on any atom is -0.336 e. The van der Waals surface area contributed by atoms with E-state index in [4.69, 9.17) is 22.4 Å². The molecule has 51 valence electrons. The molecule has 0 aliphatic carbocycles. The van der Waals surface area contributed by atoms with Crippen molar-refractivity contribution < 1.29 is 9.78 Å². The van der Waals surface area contributed by atoms with Gasteiger partial charge in [-0.25, -0.2) is 0 Å². The van der Waals surface area contributed by atoms with Crippen LogP contribution in [0.3, 0.4) is 0 Å². The number of hydrogen-bond donors (Lipinski definition) is 0. The summed E-state index contributed by atoms with van der Waals surface area (Å²) in [6.45, 7) is 0. The van der Waals surface area contributed by atoms with Crippen molar-refractivity contribution in [3.8, 4) is 5.75 Å². The SMILES string of the molecule is [S]C1OOc2ccccc21. The van der Waals surface area contributed by atoms with Crippen LogP contribution < -0.4 is 4.89 Å². The average molecular weight is 153 g/mol. The summed E-state index contributed by atoms with van der Waals surface area (Å²) in [7, 11) is 0. The molecule has 0 saturated carbocycles. The molecular formula is C7H5O2S. The highest BCUT2D eigenvalue weighted by molar-refractivity contribution is 7.80. The van der Waals surface area contributed by atoms with Gasteiger partial charge >= 0.3 is 0 Å². The Morgan fingerprint density at radius 2 is 2.10 bits per heavy atom. The summed E-state index contributed by atoms with van der Waals surface area (Å²) in [5.41, 5.74) is 0.605. The van der Waals surface area contributed by atoms with Crippen molar-refractivity contribution in [2.45, 2.75) is 5.44 Å². The van der Waals surface area contributed by atoms with Crippen molar-refractivity contribution >= 4 is 12.6 Å². The molecule has 1 radical (unpaired) electrons. The molecule has 0 fully saturated rings. The normalized spacial score (nSPS) is 21.9. The van der Waals surface area contributed by atoms with Crippen molar-refractivity contribution in [1.29, 1.82) is 0 Å². The quantitative estimate of drug-likeness (QED) is 0.532. The Morgan fingerprint density at radius 3 is 2.90 bits per heavy atom. The Bertz CT molecular complexity index is 249. The lowest BCUT2D eigenvalue weighted by atomic mass is 10.2. The maximum absolute atomic E-state index is 4.91. The highest BCUT2D eigenvalue weighted by atomic mass is 32.1. The second-order valence-corrected chi connectivity index (χ2v) is 2.48. The third kappa shape index (κ3) is 0.786. The van der Waals surface area contributed by atoms with E-state index in [0.29, 0.717) is 0 Å². The fourth-order valence-electron chi connectivity index (χ4n) is 0.899. The van der Waals surface area contributed by atoms with Crippen LogP contribution in [0, 0.1) is 0 Å². The van der Waals surface area contributed by atoms with Gasteiger partial charge in [0.15, 0.2) is 11.2 Å². The van der Waals surface area contributed by atoms with E-state index >= 15 is 0 Å². The summed E-state index contributed by atoms with van der Waals surface area (Å²) in [4.78, 5) is 9.54. The minimum atomic E-state index is -0.337. The first-order chi connectivity index (χ1) is 4.88. The molecule has 0 aromatic heterocycles. The van der Waals surface area contributed by atoms with Crippen LogP contribution in [0.5, 0.6) is 5.75 Å². The molecule has 0 bridgehead atoms. The Morgan fingerprint density at radius 1 is 1.30 bits per heavy atom. The number of para-hydroxylation sites is 1. The van der Waals surface area contributed by atoms with E-state index in [1.54, 1.807) is 0 Å². The van der Waals surface area contributed by atoms with E-state index in [1.807, 2.05) is 24.3 Å². The van der Waals surface area contributed by atoms with Gasteiger partial charge in [-0.05, 0) is 18.7 Å². The molecule has 1 heterocycles. The van der Waals surface area contributed by atoms with Crippen molar-refractivity contribution in [2.75, 3.05) is 0 Å². The summed E-state index contributed by atoms with van der Waals surface area (Å²) < 4.78 is 0. The molecule has 10 heavy (non-hydrogen) atoms. The van der Waals surface area contributed by atoms with Gasteiger partial charge in [-0.1, -0.05) is 18.2 Å². The lowest BCUT2D eigenvalue weighted by Crippen LogP contribution is -1.85. The van der Waals surface area contributed by atoms with E-state index in [2.05, 4.69) is 0 Å². The van der Waals surface area contributed by atoms with E-state index in [0.717, 1.165) is 11.3 Å². The summed E-state index contributed by atoms with van der Waals surface area (Å²) in [6, 6.07) is 7.54. The molecule has 1 atom stereocenters. The second kappa shape index (κ2) is 2.18. The predicted octanol–water partition coefficient (Wildman–Crippen LogP) is 2.21. The van der Waals surface area contributed by atoms with E-state index in [9.17, 15) is 0 Å². The van der Waals surface area contributed by atoms with Crippen molar-refractivity contribution in [3.05, 3.63) is 29.8 Å². The maximum Gasteiger partial charge on any atom is 0.189 e. The molecule has 0 saturated heterocycles. The summed E-state index contributed by atoms with van der Waals surface area (Å²) in [6.07, 6.45) is 0. The zero-order valence-corrected chi connectivity index (χ0v) is 5.93. The van der Waals surface area contributed by atoms with E-state index in [1.165, 1.54) is 0 Å². The van der Waals surface area contributed by atoms with Crippen LogP contribution in [-0.2, 0) is 4.89 Å². The van der Waals surface area contributed by atoms with Crippen LogP contribution in [0.4, 0.5) is 0 Å². The summed E-state index contributed by atoms with van der Waals surface area (Å²) in [5.74, 6) is 0.738. The molecule has 1 aliphatic heterocycles. The first-order valence-corrected chi connectivity index (χ1v) is 3.43. The highest BCUT2D eigenvalue weighted by Gasteiger charge is 2.21. The molecule has 2 rings (SSSR count). The third-order valence-electron chi connectivity index (χ3n) is 1.40. The highest BCUT2D eigenvalue weighted by Crippen LogP contribution is 2.36. The van der Waals surface area contributed by atoms with Crippen LogP contribution in [0.2, 0.25) is 0 Å². The fraction of sp³-hybridized carbons (Fsp3) is 0.143. The molecule has 0 amide bonds. The molecular weight excluding hydrogens is 148 g/mol. The van der Waals surface area contributed by atoms with Gasteiger partial charge in [0.2, 0.25) is 0 Å². The van der Waals surface area contributed by atoms with Crippen LogP contribution >= 0.6 is 12.6 Å². The largest absolute Gasteiger partial charge is 0.336 e. The van der Waals surface area contributed by atoms with Crippen LogP contribution in [-0.4, -0.2) is 0 Å². The van der Waals surface area contributed by atoms with Gasteiger partial charge in [0.1, 0.15) is 0 Å². The molecule has 1 unspecified atom stereocenters. The van der Waals surface area contributed by atoms with Crippen molar-refractivity contribution in [1.82, 2.24) is 0 Å². The maximum atomic E-state index is 4.91. The first-order valence-electron chi connectivity index (χ1n) is 2.96. The van der Waals surface area contributed by atoms with Gasteiger partial charge in [0.05, 0.1) is 0 Å². The molecule has 0 N–H and O–H groups in total. The molecule has 0 spiro atoms. The van der Waals surface area contributed by atoms with E-state index < -0.39 is 0 Å². The van der Waals surface area contributed by atoms with Gasteiger partial charge in [0, 0.05) is 5.56 Å². The van der Waals surface area contributed by atoms with Crippen molar-refractivity contribution in [2.24, 2.45) is 0 Å². The number of rotatable bonds is 0. The first kappa shape index (κ1) is 6.07. The van der Waals surface area contributed by atoms with Crippen LogP contribution in [0.15, 0.2) is 24.3 Å². The fourth-order valence-corrected chi connectivity index (χ4v) is 1.13. The van der Waals surface area contributed by atoms with Gasteiger partial charge in [-0.15, -0.1) is 0 Å². The number of hydrogen-bond acceptors (Lipinski definition) is 2. The number of benzene rings is 1. The van der Waals surface area contributed by atoms with Gasteiger partial charge < -0.3 is 4.89 Å². The summed E-state index contributed by atoms with van der Waals surface area (Å²) >= 11 is 4.91. The zero-order chi connectivity index (χ0) is 6.97. The smallest absolute Gasteiger partial charge is 0.189 e. The Hall–Kier alpha value is -0.670. The standard InChI is InChI=1S/C7H5O2S/c10-7-5-3-1-2-4-6(5)8-9-7/h1-4,7H. The molecule has 1 aliphatic rings. The zero-order valence-electron chi connectivity index (χ0n) is 5.11. The Labute approximate surface area is 64.1 Å². The monoisotopic (exact) mass is 153 g/mol. The minimum absolute atomic E-state index is 0.337. The third-order valence-corrected chi connectivity index (χ3v) is 1.73. The summed E-state index contributed by atoms with van der Waals surface area (Å²) in [5, 5.41) is 0. The molecule has 2 nitrogen and oxygen atoms in total. The number of fused-ring (bicyclic) bond motifs is 1. The molecule has 1 aromatic carbocycles. The predicted molar refractivity (Wildman–Crippen MR) is 38.5 cm³/mol. The van der Waals surface area contributed by atoms with Gasteiger partial charge in [-0.3, -0.25) is 0 Å². The Balaban J connectivity index is 2.51. The van der Waals surface area contributed by atoms with Gasteiger partial charge in [-0.2, -0.15) is 4.89 Å². The molecule has 3 heteroatoms.